The molecule has 0 N–H and O–H groups in total. The van der Waals surface area contributed by atoms with E-state index in [0.29, 0.717) is 5.92 Å². The predicted molar refractivity (Wildman–Crippen MR) is 91.7 cm³/mol. The van der Waals surface area contributed by atoms with E-state index in [9.17, 15) is 0 Å². The number of aryl methyl sites for hydroxylation is 1. The fourth-order valence-corrected chi connectivity index (χ4v) is 3.39. The third-order valence-corrected chi connectivity index (χ3v) is 4.55. The van der Waals surface area contributed by atoms with Crippen molar-refractivity contribution < 1.29 is 4.74 Å². The molecule has 1 aromatic heterocycles. The Balaban J connectivity index is 1.81. The molecule has 3 aromatic rings. The first-order chi connectivity index (χ1) is 11.3. The van der Waals surface area contributed by atoms with Crippen molar-refractivity contribution in [1.29, 1.82) is 0 Å². The molecular weight excluding hydrogens is 282 g/mol. The van der Waals surface area contributed by atoms with Gasteiger partial charge in [-0.3, -0.25) is 4.98 Å². The summed E-state index contributed by atoms with van der Waals surface area (Å²) < 4.78 is 6.34. The predicted octanol–water partition coefficient (Wildman–Crippen LogP) is 5.05. The van der Waals surface area contributed by atoms with Crippen LogP contribution in [0.3, 0.4) is 0 Å². The number of rotatable bonds is 2. The average molecular weight is 301 g/mol. The molecule has 2 nitrogen and oxygen atoms in total. The summed E-state index contributed by atoms with van der Waals surface area (Å²) in [7, 11) is 0. The second-order valence-electron chi connectivity index (χ2n) is 6.05. The first-order valence-electron chi connectivity index (χ1n) is 8.05. The van der Waals surface area contributed by atoms with Crippen molar-refractivity contribution in [1.82, 2.24) is 4.98 Å². The highest BCUT2D eigenvalue weighted by molar-refractivity contribution is 5.48. The molecule has 0 aliphatic carbocycles. The summed E-state index contributed by atoms with van der Waals surface area (Å²) in [5.41, 5.74) is 4.80. The van der Waals surface area contributed by atoms with Crippen molar-refractivity contribution in [2.75, 3.05) is 0 Å². The average Bonchev–Trinajstić information content (AvgIpc) is 2.63. The van der Waals surface area contributed by atoms with Gasteiger partial charge in [0.05, 0.1) is 5.69 Å². The number of pyridine rings is 1. The molecule has 0 spiro atoms. The molecule has 2 heterocycles. The van der Waals surface area contributed by atoms with Crippen molar-refractivity contribution in [2.45, 2.75) is 25.4 Å². The topological polar surface area (TPSA) is 22.1 Å². The summed E-state index contributed by atoms with van der Waals surface area (Å²) in [5.74, 6) is 1.36. The van der Waals surface area contributed by atoms with Gasteiger partial charge in [-0.2, -0.15) is 0 Å². The van der Waals surface area contributed by atoms with Crippen LogP contribution in [-0.2, 0) is 0 Å². The summed E-state index contributed by atoms with van der Waals surface area (Å²) >= 11 is 0. The summed E-state index contributed by atoms with van der Waals surface area (Å²) in [6.07, 6.45) is 2.75. The van der Waals surface area contributed by atoms with Gasteiger partial charge in [0.1, 0.15) is 11.9 Å². The summed E-state index contributed by atoms with van der Waals surface area (Å²) in [4.78, 5) is 4.51. The minimum Gasteiger partial charge on any atom is -0.484 e. The molecule has 23 heavy (non-hydrogen) atoms. The standard InChI is InChI=1S/C21H19NO/c1-15-8-7-11-17-18(16-9-3-2-4-10-16)14-20(23-21(15)17)19-12-5-6-13-22-19/h2-13,18,20H,14H2,1H3/t18-,20-/m1/s1. The lowest BCUT2D eigenvalue weighted by molar-refractivity contribution is 0.162. The van der Waals surface area contributed by atoms with Crippen LogP contribution in [0.1, 0.15) is 40.8 Å². The number of nitrogens with zero attached hydrogens (tertiary/aromatic N) is 1. The Morgan fingerprint density at radius 3 is 2.52 bits per heavy atom. The molecule has 0 saturated carbocycles. The van der Waals surface area contributed by atoms with E-state index in [1.807, 2.05) is 18.3 Å². The Kier molecular flexibility index (Phi) is 3.58. The van der Waals surface area contributed by atoms with Gasteiger partial charge in [0.25, 0.3) is 0 Å². The normalized spacial score (nSPS) is 19.7. The number of ether oxygens (including phenoxy) is 1. The number of fused-ring (bicyclic) bond motifs is 1. The van der Waals surface area contributed by atoms with Crippen LogP contribution >= 0.6 is 0 Å². The van der Waals surface area contributed by atoms with Crippen molar-refractivity contribution >= 4 is 0 Å². The Bertz CT molecular complexity index is 799. The molecule has 4 rings (SSSR count). The van der Waals surface area contributed by atoms with E-state index in [1.165, 1.54) is 16.7 Å². The highest BCUT2D eigenvalue weighted by atomic mass is 16.5. The Morgan fingerprint density at radius 2 is 1.74 bits per heavy atom. The Morgan fingerprint density at radius 1 is 0.913 bits per heavy atom. The summed E-state index contributed by atoms with van der Waals surface area (Å²) in [6, 6.07) is 23.1. The van der Waals surface area contributed by atoms with Gasteiger partial charge in [0.2, 0.25) is 0 Å². The smallest absolute Gasteiger partial charge is 0.141 e. The minimum absolute atomic E-state index is 0.00462. The second kappa shape index (κ2) is 5.88. The van der Waals surface area contributed by atoms with Crippen LogP contribution in [0.5, 0.6) is 5.75 Å². The lowest BCUT2D eigenvalue weighted by Crippen LogP contribution is -2.21. The number of hydrogen-bond acceptors (Lipinski definition) is 2. The van der Waals surface area contributed by atoms with E-state index in [2.05, 4.69) is 66.5 Å². The Labute approximate surface area is 136 Å². The van der Waals surface area contributed by atoms with Crippen LogP contribution in [0.15, 0.2) is 72.9 Å². The first-order valence-corrected chi connectivity index (χ1v) is 8.05. The maximum Gasteiger partial charge on any atom is 0.141 e. The Hall–Kier alpha value is -2.61. The van der Waals surface area contributed by atoms with Gasteiger partial charge in [0.15, 0.2) is 0 Å². The molecule has 1 aliphatic rings. The molecule has 2 aromatic carbocycles. The van der Waals surface area contributed by atoms with Gasteiger partial charge in [-0.15, -0.1) is 0 Å². The molecule has 0 amide bonds. The molecule has 0 fully saturated rings. The third-order valence-electron chi connectivity index (χ3n) is 4.55. The zero-order valence-electron chi connectivity index (χ0n) is 13.1. The lowest BCUT2D eigenvalue weighted by Gasteiger charge is -2.33. The maximum absolute atomic E-state index is 6.34. The van der Waals surface area contributed by atoms with Crippen molar-refractivity contribution in [3.8, 4) is 5.75 Å². The van der Waals surface area contributed by atoms with Gasteiger partial charge >= 0.3 is 0 Å². The SMILES string of the molecule is Cc1cccc2c1O[C@@H](c1ccccn1)C[C@@H]2c1ccccc1. The molecule has 2 heteroatoms. The number of hydrogen-bond donors (Lipinski definition) is 0. The second-order valence-corrected chi connectivity index (χ2v) is 6.05. The highest BCUT2D eigenvalue weighted by Crippen LogP contribution is 2.45. The largest absolute Gasteiger partial charge is 0.484 e. The van der Waals surface area contributed by atoms with E-state index >= 15 is 0 Å². The van der Waals surface area contributed by atoms with Crippen LogP contribution in [0.4, 0.5) is 0 Å². The van der Waals surface area contributed by atoms with Gasteiger partial charge < -0.3 is 4.74 Å². The number of benzene rings is 2. The molecule has 0 bridgehead atoms. The van der Waals surface area contributed by atoms with E-state index < -0.39 is 0 Å². The van der Waals surface area contributed by atoms with Crippen molar-refractivity contribution in [3.63, 3.8) is 0 Å². The molecule has 1 aliphatic heterocycles. The first kappa shape index (κ1) is 14.0. The van der Waals surface area contributed by atoms with Crippen molar-refractivity contribution in [2.24, 2.45) is 0 Å². The zero-order valence-corrected chi connectivity index (χ0v) is 13.1. The van der Waals surface area contributed by atoms with Gasteiger partial charge in [-0.05, 0) is 30.2 Å². The zero-order chi connectivity index (χ0) is 15.6. The quantitative estimate of drug-likeness (QED) is 0.661. The third kappa shape index (κ3) is 2.61. The molecule has 114 valence electrons. The molecule has 0 saturated heterocycles. The van der Waals surface area contributed by atoms with E-state index in [-0.39, 0.29) is 6.10 Å². The lowest BCUT2D eigenvalue weighted by atomic mass is 9.82. The highest BCUT2D eigenvalue weighted by Gasteiger charge is 2.31. The van der Waals surface area contributed by atoms with Crippen LogP contribution in [-0.4, -0.2) is 4.98 Å². The van der Waals surface area contributed by atoms with Crippen LogP contribution in [0.2, 0.25) is 0 Å². The molecule has 2 atom stereocenters. The fourth-order valence-electron chi connectivity index (χ4n) is 3.39. The fraction of sp³-hybridized carbons (Fsp3) is 0.190. The van der Waals surface area contributed by atoms with E-state index in [0.717, 1.165) is 17.9 Å². The monoisotopic (exact) mass is 301 g/mol. The number of para-hydroxylation sites is 1. The van der Waals surface area contributed by atoms with Crippen LogP contribution in [0, 0.1) is 6.92 Å². The molecule has 0 unspecified atom stereocenters. The van der Waals surface area contributed by atoms with Gasteiger partial charge in [-0.25, -0.2) is 0 Å². The van der Waals surface area contributed by atoms with Crippen LogP contribution in [0.25, 0.3) is 0 Å². The number of aromatic nitrogens is 1. The van der Waals surface area contributed by atoms with E-state index in [4.69, 9.17) is 4.74 Å². The molecular formula is C21H19NO. The maximum atomic E-state index is 6.34. The summed E-state index contributed by atoms with van der Waals surface area (Å²) in [6.45, 7) is 2.11. The minimum atomic E-state index is -0.00462. The van der Waals surface area contributed by atoms with E-state index in [1.54, 1.807) is 0 Å². The molecule has 0 radical (unpaired) electrons. The van der Waals surface area contributed by atoms with Gasteiger partial charge in [-0.1, -0.05) is 54.6 Å². The summed E-state index contributed by atoms with van der Waals surface area (Å²) in [5, 5.41) is 0. The van der Waals surface area contributed by atoms with Crippen molar-refractivity contribution in [3.05, 3.63) is 95.3 Å². The van der Waals surface area contributed by atoms with Crippen LogP contribution < -0.4 is 4.74 Å². The van der Waals surface area contributed by atoms with Gasteiger partial charge in [0, 0.05) is 24.1 Å².